The van der Waals surface area contributed by atoms with E-state index in [9.17, 15) is 18.8 Å². The standard InChI is InChI=1S/C28H47FN8O3.ClH/c1-28(2,31)25(38)34-15-17-35(18-16-34)26(39)32-24-11-13-37(27(40)33-24)23-7-3-20(4-8-23)19-36(14-12-29)22-9-5-21(30)6-10-22;/h11,13,20-23H,3-10,12,14-19,30-31H2,1-2H3,(H,32,33,39,40);1H/t20-,21-,22-,23-;. The Morgan fingerprint density at radius 3 is 2.22 bits per heavy atom. The van der Waals surface area contributed by atoms with Gasteiger partial charge in [0.2, 0.25) is 5.91 Å². The quantitative estimate of drug-likeness (QED) is 0.417. The Hall–Kier alpha value is -2.28. The lowest BCUT2D eigenvalue weighted by Gasteiger charge is -2.39. The normalized spacial score (nSPS) is 25.5. The summed E-state index contributed by atoms with van der Waals surface area (Å²) in [6, 6.07) is 2.09. The van der Waals surface area contributed by atoms with Crippen LogP contribution in [0.5, 0.6) is 0 Å². The van der Waals surface area contributed by atoms with Crippen LogP contribution in [-0.2, 0) is 4.79 Å². The van der Waals surface area contributed by atoms with Crippen LogP contribution in [0.3, 0.4) is 0 Å². The van der Waals surface area contributed by atoms with Crippen molar-refractivity contribution in [2.24, 2.45) is 17.4 Å². The molecule has 0 radical (unpaired) electrons. The first-order valence-electron chi connectivity index (χ1n) is 14.8. The molecule has 2 heterocycles. The number of nitrogens with zero attached hydrogens (tertiary/aromatic N) is 5. The molecule has 0 spiro atoms. The van der Waals surface area contributed by atoms with Crippen molar-refractivity contribution in [1.29, 1.82) is 0 Å². The number of carbonyl (C=O) groups is 2. The number of aromatic nitrogens is 2. The van der Waals surface area contributed by atoms with E-state index in [1.165, 1.54) is 0 Å². The highest BCUT2D eigenvalue weighted by atomic mass is 35.5. The van der Waals surface area contributed by atoms with Crippen LogP contribution < -0.4 is 22.5 Å². The zero-order chi connectivity index (χ0) is 28.9. The topological polar surface area (TPSA) is 143 Å². The van der Waals surface area contributed by atoms with Crippen LogP contribution in [0, 0.1) is 5.92 Å². The molecule has 13 heteroatoms. The monoisotopic (exact) mass is 598 g/mol. The number of hydrogen-bond acceptors (Lipinski definition) is 7. The Labute approximate surface area is 248 Å². The van der Waals surface area contributed by atoms with E-state index in [2.05, 4.69) is 15.2 Å². The van der Waals surface area contributed by atoms with Gasteiger partial charge in [-0.1, -0.05) is 0 Å². The first kappa shape index (κ1) is 33.2. The second kappa shape index (κ2) is 14.8. The third kappa shape index (κ3) is 8.86. The van der Waals surface area contributed by atoms with E-state index in [-0.39, 0.29) is 54.6 Å². The highest BCUT2D eigenvalue weighted by molar-refractivity contribution is 5.89. The summed E-state index contributed by atoms with van der Waals surface area (Å²) in [5, 5.41) is 2.72. The van der Waals surface area contributed by atoms with Gasteiger partial charge in [-0.2, -0.15) is 4.98 Å². The van der Waals surface area contributed by atoms with Crippen molar-refractivity contribution in [2.45, 2.75) is 88.9 Å². The van der Waals surface area contributed by atoms with Crippen molar-refractivity contribution >= 4 is 30.2 Å². The van der Waals surface area contributed by atoms with Crippen LogP contribution in [0.1, 0.15) is 71.3 Å². The number of nitrogens with two attached hydrogens (primary N) is 2. The van der Waals surface area contributed by atoms with Gasteiger partial charge in [-0.3, -0.25) is 19.6 Å². The summed E-state index contributed by atoms with van der Waals surface area (Å²) < 4.78 is 15.0. The molecule has 3 aliphatic rings. The number of alkyl halides is 1. The summed E-state index contributed by atoms with van der Waals surface area (Å²) in [5.74, 6) is 0.571. The number of amides is 3. The molecule has 1 aliphatic heterocycles. The fourth-order valence-corrected chi connectivity index (χ4v) is 6.40. The molecule has 4 rings (SSSR count). The SMILES string of the molecule is CC(C)(N)C(=O)N1CCN(C(=O)Nc2ccn([C@H]3CC[C@H](CN(CCF)[C@H]4CC[C@H](N)CC4)CC3)c(=O)n2)CC1.Cl. The molecule has 1 aromatic rings. The lowest BCUT2D eigenvalue weighted by molar-refractivity contribution is -0.137. The van der Waals surface area contributed by atoms with Crippen molar-refractivity contribution < 1.29 is 14.0 Å². The molecule has 2 aliphatic carbocycles. The molecule has 1 saturated heterocycles. The largest absolute Gasteiger partial charge is 0.349 e. The molecule has 5 N–H and O–H groups in total. The smallest absolute Gasteiger partial charge is 0.338 e. The van der Waals surface area contributed by atoms with Gasteiger partial charge in [-0.15, -0.1) is 12.4 Å². The first-order chi connectivity index (χ1) is 19.0. The lowest BCUT2D eigenvalue weighted by Crippen LogP contribution is -2.58. The average molecular weight is 599 g/mol. The number of nitrogens with one attached hydrogen (secondary N) is 1. The number of halogens is 2. The van der Waals surface area contributed by atoms with Gasteiger partial charge in [0, 0.05) is 63.6 Å². The van der Waals surface area contributed by atoms with Crippen molar-refractivity contribution in [3.05, 3.63) is 22.7 Å². The second-order valence-electron chi connectivity index (χ2n) is 12.4. The number of anilines is 1. The first-order valence-corrected chi connectivity index (χ1v) is 14.8. The Bertz CT molecular complexity index is 1060. The van der Waals surface area contributed by atoms with E-state index in [0.717, 1.165) is 57.9 Å². The molecule has 2 saturated carbocycles. The maximum atomic E-state index is 13.3. The molecule has 0 aromatic carbocycles. The van der Waals surface area contributed by atoms with Crippen LogP contribution in [0.2, 0.25) is 0 Å². The predicted molar refractivity (Wildman–Crippen MR) is 160 cm³/mol. The third-order valence-corrected chi connectivity index (χ3v) is 8.80. The maximum absolute atomic E-state index is 13.3. The van der Waals surface area contributed by atoms with Crippen LogP contribution in [0.4, 0.5) is 15.0 Å². The summed E-state index contributed by atoms with van der Waals surface area (Å²) in [7, 11) is 0. The van der Waals surface area contributed by atoms with E-state index in [1.807, 2.05) is 0 Å². The highest BCUT2D eigenvalue weighted by Crippen LogP contribution is 2.33. The second-order valence-corrected chi connectivity index (χ2v) is 12.4. The third-order valence-electron chi connectivity index (χ3n) is 8.80. The summed E-state index contributed by atoms with van der Waals surface area (Å²) >= 11 is 0. The van der Waals surface area contributed by atoms with Gasteiger partial charge < -0.3 is 21.3 Å². The number of piperazine rings is 1. The highest BCUT2D eigenvalue weighted by Gasteiger charge is 2.32. The van der Waals surface area contributed by atoms with E-state index in [0.29, 0.717) is 44.7 Å². The zero-order valence-corrected chi connectivity index (χ0v) is 25.3. The minimum atomic E-state index is -0.947. The van der Waals surface area contributed by atoms with Gasteiger partial charge >= 0.3 is 11.7 Å². The predicted octanol–water partition coefficient (Wildman–Crippen LogP) is 2.35. The Balaban J connectivity index is 0.00000462. The Morgan fingerprint density at radius 2 is 1.66 bits per heavy atom. The van der Waals surface area contributed by atoms with Crippen LogP contribution in [0.15, 0.2) is 17.1 Å². The van der Waals surface area contributed by atoms with Gasteiger partial charge in [0.1, 0.15) is 12.5 Å². The fraction of sp³-hybridized carbons (Fsp3) is 0.786. The van der Waals surface area contributed by atoms with Gasteiger partial charge in [-0.25, -0.2) is 14.0 Å². The molecule has 0 bridgehead atoms. The molecule has 11 nitrogen and oxygen atoms in total. The van der Waals surface area contributed by atoms with Crippen LogP contribution >= 0.6 is 12.4 Å². The molecule has 3 fully saturated rings. The average Bonchev–Trinajstić information content (AvgIpc) is 2.93. The number of urea groups is 1. The van der Waals surface area contributed by atoms with Gasteiger partial charge in [-0.05, 0) is 77.2 Å². The van der Waals surface area contributed by atoms with Crippen molar-refractivity contribution in [3.63, 3.8) is 0 Å². The van der Waals surface area contributed by atoms with Crippen LogP contribution in [-0.4, -0.2) is 99.8 Å². The molecule has 0 atom stereocenters. The Morgan fingerprint density at radius 1 is 1.05 bits per heavy atom. The number of rotatable bonds is 8. The fourth-order valence-electron chi connectivity index (χ4n) is 6.40. The minimum absolute atomic E-state index is 0. The summed E-state index contributed by atoms with van der Waals surface area (Å²) in [6.07, 6.45) is 9.55. The summed E-state index contributed by atoms with van der Waals surface area (Å²) in [6.45, 7) is 5.98. The number of hydrogen-bond donors (Lipinski definition) is 3. The minimum Gasteiger partial charge on any atom is -0.338 e. The maximum Gasteiger partial charge on any atom is 0.349 e. The molecule has 3 amide bonds. The van der Waals surface area contributed by atoms with Gasteiger partial charge in [0.05, 0.1) is 5.54 Å². The van der Waals surface area contributed by atoms with Crippen LogP contribution in [0.25, 0.3) is 0 Å². The van der Waals surface area contributed by atoms with Crippen molar-refractivity contribution in [3.8, 4) is 0 Å². The van der Waals surface area contributed by atoms with E-state index in [1.54, 1.807) is 40.5 Å². The molecular formula is C28H48ClFN8O3. The molecule has 232 valence electrons. The number of carbonyl (C=O) groups excluding carboxylic acids is 2. The van der Waals surface area contributed by atoms with E-state index >= 15 is 0 Å². The summed E-state index contributed by atoms with van der Waals surface area (Å²) in [5.41, 5.74) is 10.7. The van der Waals surface area contributed by atoms with Gasteiger partial charge in [0.25, 0.3) is 0 Å². The summed E-state index contributed by atoms with van der Waals surface area (Å²) in [4.78, 5) is 47.7. The lowest BCUT2D eigenvalue weighted by atomic mass is 9.84. The van der Waals surface area contributed by atoms with Crippen molar-refractivity contribution in [1.82, 2.24) is 24.3 Å². The zero-order valence-electron chi connectivity index (χ0n) is 24.5. The molecule has 41 heavy (non-hydrogen) atoms. The van der Waals surface area contributed by atoms with Crippen molar-refractivity contribution in [2.75, 3.05) is 51.3 Å². The molecular weight excluding hydrogens is 551 g/mol. The van der Waals surface area contributed by atoms with E-state index < -0.39 is 5.54 Å². The molecule has 0 unspecified atom stereocenters. The van der Waals surface area contributed by atoms with Gasteiger partial charge in [0.15, 0.2) is 0 Å². The molecule has 1 aromatic heterocycles. The van der Waals surface area contributed by atoms with E-state index in [4.69, 9.17) is 11.5 Å². The Kier molecular flexibility index (Phi) is 12.0.